The minimum absolute atomic E-state index is 0.232. The van der Waals surface area contributed by atoms with E-state index in [2.05, 4.69) is 40.8 Å². The maximum Gasteiger partial charge on any atom is 0.355 e. The van der Waals surface area contributed by atoms with Crippen molar-refractivity contribution in [3.8, 4) is 11.1 Å². The average molecular weight is 455 g/mol. The highest BCUT2D eigenvalue weighted by atomic mass is 79.9. The first-order valence-corrected chi connectivity index (χ1v) is 9.16. The SMILES string of the molecule is C=C.C=N.CCOC(=O)c1[nH]c(C)c(-c2ccc(CO)c(CO)c2CO)c1Br. The molecule has 154 valence electrons. The molecule has 0 aliphatic rings. The van der Waals surface area contributed by atoms with Crippen LogP contribution in [-0.2, 0) is 24.6 Å². The van der Waals surface area contributed by atoms with E-state index in [1.54, 1.807) is 19.1 Å². The summed E-state index contributed by atoms with van der Waals surface area (Å²) in [5.41, 5.74) is 3.96. The number of aliphatic hydroxyl groups is 3. The number of aromatic nitrogens is 1. The zero-order valence-corrected chi connectivity index (χ0v) is 17.7. The van der Waals surface area contributed by atoms with Crippen molar-refractivity contribution in [3.05, 3.63) is 57.8 Å². The maximum absolute atomic E-state index is 12.0. The number of H-pyrrole nitrogens is 1. The van der Waals surface area contributed by atoms with Gasteiger partial charge in [0.2, 0.25) is 0 Å². The summed E-state index contributed by atoms with van der Waals surface area (Å²) in [6.45, 7) is 11.5. The number of nitrogens with one attached hydrogen (secondary N) is 2. The zero-order chi connectivity index (χ0) is 21.9. The number of aliphatic hydroxyl groups excluding tert-OH is 3. The van der Waals surface area contributed by atoms with Crippen molar-refractivity contribution in [2.45, 2.75) is 33.7 Å². The van der Waals surface area contributed by atoms with Gasteiger partial charge < -0.3 is 30.4 Å². The van der Waals surface area contributed by atoms with Gasteiger partial charge in [-0.05, 0) is 58.7 Å². The highest BCUT2D eigenvalue weighted by molar-refractivity contribution is 9.10. The molecule has 1 aromatic heterocycles. The second-order valence-corrected chi connectivity index (χ2v) is 6.03. The minimum atomic E-state index is -0.473. The fraction of sp³-hybridized carbons (Fsp3) is 0.300. The van der Waals surface area contributed by atoms with E-state index in [1.807, 2.05) is 6.92 Å². The Balaban J connectivity index is 0.00000171. The zero-order valence-electron chi connectivity index (χ0n) is 16.1. The van der Waals surface area contributed by atoms with Gasteiger partial charge in [-0.1, -0.05) is 12.1 Å². The van der Waals surface area contributed by atoms with Crippen molar-refractivity contribution in [1.82, 2.24) is 4.98 Å². The summed E-state index contributed by atoms with van der Waals surface area (Å²) < 4.78 is 5.56. The third kappa shape index (κ3) is 5.39. The van der Waals surface area contributed by atoms with Crippen molar-refractivity contribution in [1.29, 1.82) is 5.41 Å². The number of hydrogen-bond donors (Lipinski definition) is 5. The lowest BCUT2D eigenvalue weighted by Crippen LogP contribution is -2.06. The maximum atomic E-state index is 12.0. The molecular formula is C20H27BrN2O5. The molecule has 0 fully saturated rings. The second kappa shape index (κ2) is 13.0. The summed E-state index contributed by atoms with van der Waals surface area (Å²) >= 11 is 3.43. The Labute approximate surface area is 173 Å². The molecule has 0 atom stereocenters. The van der Waals surface area contributed by atoms with Crippen LogP contribution in [-0.4, -0.2) is 39.6 Å². The van der Waals surface area contributed by atoms with Gasteiger partial charge in [-0.15, -0.1) is 13.2 Å². The van der Waals surface area contributed by atoms with Gasteiger partial charge in [-0.25, -0.2) is 4.79 Å². The van der Waals surface area contributed by atoms with E-state index in [-0.39, 0.29) is 26.4 Å². The quantitative estimate of drug-likeness (QED) is 0.259. The Hall–Kier alpha value is -2.26. The molecule has 8 heteroatoms. The fourth-order valence-electron chi connectivity index (χ4n) is 2.76. The second-order valence-electron chi connectivity index (χ2n) is 5.24. The third-order valence-corrected chi connectivity index (χ3v) is 4.68. The molecule has 0 bridgehead atoms. The molecular weight excluding hydrogens is 428 g/mol. The minimum Gasteiger partial charge on any atom is -0.461 e. The summed E-state index contributed by atoms with van der Waals surface area (Å²) in [6, 6.07) is 3.45. The predicted molar refractivity (Wildman–Crippen MR) is 113 cm³/mol. The van der Waals surface area contributed by atoms with Gasteiger partial charge in [0.15, 0.2) is 0 Å². The number of rotatable bonds is 6. The topological polar surface area (TPSA) is 127 Å². The highest BCUT2D eigenvalue weighted by Gasteiger charge is 2.23. The van der Waals surface area contributed by atoms with E-state index in [4.69, 9.17) is 10.1 Å². The monoisotopic (exact) mass is 454 g/mol. The Morgan fingerprint density at radius 3 is 2.18 bits per heavy atom. The van der Waals surface area contributed by atoms with Gasteiger partial charge in [-0.3, -0.25) is 0 Å². The first kappa shape index (κ1) is 25.7. The highest BCUT2D eigenvalue weighted by Crippen LogP contribution is 2.38. The van der Waals surface area contributed by atoms with Crippen molar-refractivity contribution < 1.29 is 24.9 Å². The molecule has 0 unspecified atom stereocenters. The molecule has 28 heavy (non-hydrogen) atoms. The molecule has 1 heterocycles. The largest absolute Gasteiger partial charge is 0.461 e. The first-order valence-electron chi connectivity index (χ1n) is 8.37. The van der Waals surface area contributed by atoms with Crippen molar-refractivity contribution in [2.75, 3.05) is 6.61 Å². The smallest absolute Gasteiger partial charge is 0.355 e. The fourth-order valence-corrected chi connectivity index (χ4v) is 3.53. The first-order chi connectivity index (χ1) is 13.5. The average Bonchev–Trinajstić information content (AvgIpc) is 3.03. The van der Waals surface area contributed by atoms with Gasteiger partial charge in [0.25, 0.3) is 0 Å². The number of carbonyl (C=O) groups is 1. The van der Waals surface area contributed by atoms with Gasteiger partial charge in [0, 0.05) is 11.3 Å². The Kier molecular flexibility index (Phi) is 12.0. The van der Waals surface area contributed by atoms with E-state index in [0.29, 0.717) is 38.0 Å². The van der Waals surface area contributed by atoms with Crippen LogP contribution in [0, 0.1) is 12.3 Å². The number of benzene rings is 1. The number of halogens is 1. The van der Waals surface area contributed by atoms with Gasteiger partial charge in [0.1, 0.15) is 5.69 Å². The molecule has 0 saturated carbocycles. The van der Waals surface area contributed by atoms with Gasteiger partial charge in [-0.2, -0.15) is 0 Å². The van der Waals surface area contributed by atoms with Crippen LogP contribution in [0.2, 0.25) is 0 Å². The van der Waals surface area contributed by atoms with Crippen LogP contribution in [0.5, 0.6) is 0 Å². The van der Waals surface area contributed by atoms with Crippen LogP contribution < -0.4 is 0 Å². The van der Waals surface area contributed by atoms with E-state index in [1.165, 1.54) is 0 Å². The molecule has 1 aromatic carbocycles. The Bertz CT molecular complexity index is 787. The Morgan fingerprint density at radius 1 is 1.14 bits per heavy atom. The summed E-state index contributed by atoms with van der Waals surface area (Å²) in [7, 11) is 0. The molecule has 2 rings (SSSR count). The van der Waals surface area contributed by atoms with Crippen LogP contribution in [0.4, 0.5) is 0 Å². The molecule has 0 aliphatic carbocycles. The van der Waals surface area contributed by atoms with E-state index >= 15 is 0 Å². The normalized spacial score (nSPS) is 9.64. The van der Waals surface area contributed by atoms with Crippen LogP contribution in [0.1, 0.15) is 39.8 Å². The third-order valence-electron chi connectivity index (χ3n) is 3.89. The number of esters is 1. The predicted octanol–water partition coefficient (Wildman–Crippen LogP) is 3.47. The summed E-state index contributed by atoms with van der Waals surface area (Å²) in [5, 5.41) is 34.3. The van der Waals surface area contributed by atoms with Gasteiger partial charge in [0.05, 0.1) is 30.9 Å². The molecule has 2 aromatic rings. The van der Waals surface area contributed by atoms with Gasteiger partial charge >= 0.3 is 5.97 Å². The number of aryl methyl sites for hydroxylation is 1. The summed E-state index contributed by atoms with van der Waals surface area (Å²) in [4.78, 5) is 15.0. The molecule has 0 radical (unpaired) electrons. The van der Waals surface area contributed by atoms with Crippen LogP contribution in [0.25, 0.3) is 11.1 Å². The molecule has 0 spiro atoms. The van der Waals surface area contributed by atoms with E-state index in [0.717, 1.165) is 5.69 Å². The summed E-state index contributed by atoms with van der Waals surface area (Å²) in [6.07, 6.45) is 0. The molecule has 5 N–H and O–H groups in total. The number of carbonyl (C=O) groups excluding carboxylic acids is 1. The van der Waals surface area contributed by atoms with Crippen molar-refractivity contribution in [2.24, 2.45) is 0 Å². The van der Waals surface area contributed by atoms with Crippen LogP contribution >= 0.6 is 15.9 Å². The van der Waals surface area contributed by atoms with Crippen molar-refractivity contribution >= 4 is 28.6 Å². The van der Waals surface area contributed by atoms with Crippen molar-refractivity contribution in [3.63, 3.8) is 0 Å². The lowest BCUT2D eigenvalue weighted by atomic mass is 9.92. The molecule has 7 nitrogen and oxygen atoms in total. The van der Waals surface area contributed by atoms with E-state index in [9.17, 15) is 20.1 Å². The lowest BCUT2D eigenvalue weighted by molar-refractivity contribution is 0.0519. The lowest BCUT2D eigenvalue weighted by Gasteiger charge is -2.16. The Morgan fingerprint density at radius 2 is 1.71 bits per heavy atom. The molecule has 0 saturated heterocycles. The molecule has 0 amide bonds. The van der Waals surface area contributed by atoms with E-state index < -0.39 is 5.97 Å². The van der Waals surface area contributed by atoms with Crippen LogP contribution in [0.3, 0.4) is 0 Å². The standard InChI is InChI=1S/C17H20BrNO5.C2H4.CH3N/c1-3-24-17(23)16-15(18)14(9(2)19-16)11-5-4-10(6-20)12(7-21)13(11)8-22;2*1-2/h4-5,19-22H,3,6-8H2,1-2H3;1-2H2;2H,1H2. The number of hydrogen-bond acceptors (Lipinski definition) is 6. The number of ether oxygens (including phenoxy) is 1. The molecule has 0 aliphatic heterocycles. The number of aromatic amines is 1. The summed E-state index contributed by atoms with van der Waals surface area (Å²) in [5.74, 6) is -0.473. The van der Waals surface area contributed by atoms with Crippen LogP contribution in [0.15, 0.2) is 29.8 Å².